The molecule has 2 fully saturated rings. The summed E-state index contributed by atoms with van der Waals surface area (Å²) in [6.45, 7) is 4.35. The molecule has 0 bridgehead atoms. The van der Waals surface area contributed by atoms with Crippen LogP contribution < -0.4 is 5.32 Å². The van der Waals surface area contributed by atoms with Crippen molar-refractivity contribution in [2.24, 2.45) is 0 Å². The summed E-state index contributed by atoms with van der Waals surface area (Å²) in [5.74, 6) is -1.50. The minimum atomic E-state index is -1.10. The number of amides is 4. The van der Waals surface area contributed by atoms with Crippen LogP contribution >= 0.6 is 0 Å². The highest BCUT2D eigenvalue weighted by atomic mass is 16.5. The molecule has 1 aromatic rings. The number of hydrogen-bond donors (Lipinski definition) is 1. The van der Waals surface area contributed by atoms with Crippen molar-refractivity contribution in [1.29, 1.82) is 0 Å². The van der Waals surface area contributed by atoms with Crippen LogP contribution in [0.4, 0.5) is 4.79 Å². The highest BCUT2D eigenvalue weighted by Crippen LogP contribution is 2.26. The molecule has 30 heavy (non-hydrogen) atoms. The van der Waals surface area contributed by atoms with Crippen LogP contribution in [0.5, 0.6) is 0 Å². The number of piperidine rings is 1. The highest BCUT2D eigenvalue weighted by Gasteiger charge is 2.49. The number of imide groups is 1. The second-order valence-corrected chi connectivity index (χ2v) is 7.78. The molecule has 0 aliphatic carbocycles. The Morgan fingerprint density at radius 1 is 1.07 bits per heavy atom. The third kappa shape index (κ3) is 4.32. The van der Waals surface area contributed by atoms with Crippen molar-refractivity contribution in [3.63, 3.8) is 0 Å². The van der Waals surface area contributed by atoms with Gasteiger partial charge in [0.15, 0.2) is 0 Å². The normalized spacial score (nSPS) is 19.4. The molecular weight excluding hydrogens is 386 g/mol. The number of carbonyl (C=O) groups is 4. The van der Waals surface area contributed by atoms with Gasteiger partial charge < -0.3 is 15.0 Å². The van der Waals surface area contributed by atoms with Crippen molar-refractivity contribution in [3.8, 4) is 0 Å². The number of carbonyl (C=O) groups excluding carboxylic acids is 4. The Morgan fingerprint density at radius 3 is 2.27 bits per heavy atom. The predicted octanol–water partition coefficient (Wildman–Crippen LogP) is 2.39. The quantitative estimate of drug-likeness (QED) is 0.545. The first-order valence-corrected chi connectivity index (χ1v) is 10.6. The van der Waals surface area contributed by atoms with Crippen molar-refractivity contribution in [1.82, 2.24) is 15.1 Å². The lowest BCUT2D eigenvalue weighted by Gasteiger charge is -2.30. The Morgan fingerprint density at radius 2 is 1.70 bits per heavy atom. The van der Waals surface area contributed by atoms with E-state index in [1.807, 2.05) is 19.9 Å². The minimum absolute atomic E-state index is 0.275. The maximum atomic E-state index is 13.1. The molecule has 8 heteroatoms. The summed E-state index contributed by atoms with van der Waals surface area (Å²) in [5, 5.41) is 2.69. The molecule has 2 aliphatic rings. The van der Waals surface area contributed by atoms with Gasteiger partial charge in [-0.15, -0.1) is 0 Å². The molecule has 1 atom stereocenters. The van der Waals surface area contributed by atoms with Crippen LogP contribution in [-0.2, 0) is 19.1 Å². The van der Waals surface area contributed by atoms with E-state index < -0.39 is 36.1 Å². The molecule has 0 radical (unpaired) electrons. The van der Waals surface area contributed by atoms with Gasteiger partial charge in [0.25, 0.3) is 11.8 Å². The zero-order chi connectivity index (χ0) is 21.7. The molecule has 8 nitrogen and oxygen atoms in total. The molecule has 2 heterocycles. The topological polar surface area (TPSA) is 96.0 Å². The fourth-order valence-corrected chi connectivity index (χ4v) is 4.02. The second-order valence-electron chi connectivity index (χ2n) is 7.78. The number of esters is 1. The van der Waals surface area contributed by atoms with E-state index in [4.69, 9.17) is 4.74 Å². The third-order valence-electron chi connectivity index (χ3n) is 5.98. The number of urea groups is 1. The molecule has 0 aromatic heterocycles. The molecule has 1 N–H and O–H groups in total. The molecule has 0 spiro atoms. The van der Waals surface area contributed by atoms with Gasteiger partial charge in [0.05, 0.1) is 0 Å². The van der Waals surface area contributed by atoms with Gasteiger partial charge >= 0.3 is 12.0 Å². The fraction of sp³-hybridized carbons (Fsp3) is 0.545. The fourth-order valence-electron chi connectivity index (χ4n) is 4.02. The number of hydrogen-bond acceptors (Lipinski definition) is 5. The molecule has 3 rings (SSSR count). The zero-order valence-electron chi connectivity index (χ0n) is 17.6. The van der Waals surface area contributed by atoms with E-state index in [0.29, 0.717) is 31.5 Å². The summed E-state index contributed by atoms with van der Waals surface area (Å²) in [4.78, 5) is 53.4. The molecule has 1 aromatic carbocycles. The van der Waals surface area contributed by atoms with Crippen LogP contribution in [0, 0.1) is 0 Å². The Balaban J connectivity index is 1.74. The van der Waals surface area contributed by atoms with E-state index in [9.17, 15) is 19.2 Å². The number of rotatable bonds is 7. The number of benzene rings is 1. The van der Waals surface area contributed by atoms with E-state index >= 15 is 0 Å². The van der Waals surface area contributed by atoms with Crippen LogP contribution in [0.1, 0.15) is 57.6 Å². The molecular formula is C22H29N3O5. The molecule has 0 saturated carbocycles. The van der Waals surface area contributed by atoms with Gasteiger partial charge in [0, 0.05) is 18.7 Å². The summed E-state index contributed by atoms with van der Waals surface area (Å²) in [6, 6.07) is 8.21. The lowest BCUT2D eigenvalue weighted by molar-refractivity contribution is -0.162. The maximum Gasteiger partial charge on any atom is 0.327 e. The number of nitrogens with zero attached hydrogens (tertiary/aromatic N) is 2. The minimum Gasteiger partial charge on any atom is -0.446 e. The second kappa shape index (κ2) is 9.28. The van der Waals surface area contributed by atoms with Gasteiger partial charge in [-0.1, -0.05) is 44.2 Å². The first-order valence-electron chi connectivity index (χ1n) is 10.6. The van der Waals surface area contributed by atoms with Crippen LogP contribution in [0.2, 0.25) is 0 Å². The number of likely N-dealkylation sites (tertiary alicyclic amines) is 1. The summed E-state index contributed by atoms with van der Waals surface area (Å²) in [6.07, 6.45) is 2.67. The van der Waals surface area contributed by atoms with Gasteiger partial charge in [-0.05, 0) is 32.1 Å². The Bertz CT molecular complexity index is 800. The Hall–Kier alpha value is -2.90. The van der Waals surface area contributed by atoms with Gasteiger partial charge in [0.1, 0.15) is 12.1 Å². The van der Waals surface area contributed by atoms with E-state index in [2.05, 4.69) is 5.32 Å². The van der Waals surface area contributed by atoms with Gasteiger partial charge in [0.2, 0.25) is 6.10 Å². The maximum absolute atomic E-state index is 13.1. The Labute approximate surface area is 176 Å². The smallest absolute Gasteiger partial charge is 0.327 e. The van der Waals surface area contributed by atoms with Crippen molar-refractivity contribution < 1.29 is 23.9 Å². The SMILES string of the molecule is CCC1(CC)NC(=O)N(CC(=O)O[C@@H](C(=O)N2CCCCC2)c2ccccc2)C1=O. The zero-order valence-corrected chi connectivity index (χ0v) is 17.6. The average molecular weight is 415 g/mol. The van der Waals surface area contributed by atoms with Crippen LogP contribution in [0.15, 0.2) is 30.3 Å². The third-order valence-corrected chi connectivity index (χ3v) is 5.98. The van der Waals surface area contributed by atoms with Gasteiger partial charge in [-0.2, -0.15) is 0 Å². The highest BCUT2D eigenvalue weighted by molar-refractivity contribution is 6.08. The number of nitrogens with one attached hydrogen (secondary N) is 1. The summed E-state index contributed by atoms with van der Waals surface area (Å²) in [5.41, 5.74) is -0.421. The van der Waals surface area contributed by atoms with Crippen LogP contribution in [0.3, 0.4) is 0 Å². The lowest BCUT2D eigenvalue weighted by atomic mass is 9.93. The molecule has 0 unspecified atom stereocenters. The Kier molecular flexibility index (Phi) is 6.74. The van der Waals surface area contributed by atoms with Crippen LogP contribution in [0.25, 0.3) is 0 Å². The average Bonchev–Trinajstić information content (AvgIpc) is 3.02. The van der Waals surface area contributed by atoms with Crippen molar-refractivity contribution in [3.05, 3.63) is 35.9 Å². The summed E-state index contributed by atoms with van der Waals surface area (Å²) >= 11 is 0. The van der Waals surface area contributed by atoms with E-state index in [-0.39, 0.29) is 5.91 Å². The van der Waals surface area contributed by atoms with Crippen molar-refractivity contribution in [2.75, 3.05) is 19.6 Å². The van der Waals surface area contributed by atoms with E-state index in [0.717, 1.165) is 24.2 Å². The van der Waals surface area contributed by atoms with Gasteiger partial charge in [-0.3, -0.25) is 19.3 Å². The summed E-state index contributed by atoms with van der Waals surface area (Å²) < 4.78 is 5.54. The predicted molar refractivity (Wildman–Crippen MR) is 109 cm³/mol. The van der Waals surface area contributed by atoms with E-state index in [1.54, 1.807) is 29.2 Å². The standard InChI is InChI=1S/C22H29N3O5/c1-3-22(4-2)20(28)25(21(29)23-22)15-17(26)30-18(16-11-7-5-8-12-16)19(27)24-13-9-6-10-14-24/h5,7-8,11-12,18H,3-4,6,9-10,13-15H2,1-2H3,(H,23,29)/t18-/m1/s1. The van der Waals surface area contributed by atoms with E-state index in [1.165, 1.54) is 0 Å². The van der Waals surface area contributed by atoms with Gasteiger partial charge in [-0.25, -0.2) is 4.79 Å². The summed E-state index contributed by atoms with van der Waals surface area (Å²) in [7, 11) is 0. The first-order chi connectivity index (χ1) is 14.4. The number of ether oxygens (including phenoxy) is 1. The molecule has 4 amide bonds. The largest absolute Gasteiger partial charge is 0.446 e. The lowest BCUT2D eigenvalue weighted by Crippen LogP contribution is -2.46. The molecule has 2 saturated heterocycles. The van der Waals surface area contributed by atoms with Crippen molar-refractivity contribution >= 4 is 23.8 Å². The molecule has 162 valence electrons. The molecule has 2 aliphatic heterocycles. The van der Waals surface area contributed by atoms with Crippen LogP contribution in [-0.4, -0.2) is 58.8 Å². The first kappa shape index (κ1) is 21.8. The monoisotopic (exact) mass is 415 g/mol. The van der Waals surface area contributed by atoms with Crippen molar-refractivity contribution in [2.45, 2.75) is 57.6 Å².